The quantitative estimate of drug-likeness (QED) is 0.358. The summed E-state index contributed by atoms with van der Waals surface area (Å²) < 4.78 is 0. The maximum atomic E-state index is 4.21. The molecule has 2 nitrogen and oxygen atoms in total. The molecule has 0 aliphatic carbocycles. The summed E-state index contributed by atoms with van der Waals surface area (Å²) >= 11 is 0. The summed E-state index contributed by atoms with van der Waals surface area (Å²) in [6.07, 6.45) is 10.1. The molecule has 0 amide bonds. The standard InChI is InChI=1S/C25H32N2.CH4/c1-3-17-27(20-23-13-14-25-19-26-16-15-24(25)18-23)21(2)9-7-8-12-22-10-5-4-6-11-22;/h4-6,10-11,13-16,18-19,21H,3,7-9,12,17,20H2,1-2H3;1H4/t21-;/m1./s1. The Hall–Kier alpha value is -2.19. The molecule has 0 bridgehead atoms. The third-order valence-electron chi connectivity index (χ3n) is 5.40. The second-order valence-corrected chi connectivity index (χ2v) is 7.61. The second kappa shape index (κ2) is 11.6. The molecule has 3 aromatic rings. The fraction of sp³-hybridized carbons (Fsp3) is 0.423. The van der Waals surface area contributed by atoms with Gasteiger partial charge in [0, 0.05) is 30.4 Å². The first kappa shape index (κ1) is 22.1. The van der Waals surface area contributed by atoms with Crippen molar-refractivity contribution >= 4 is 10.8 Å². The van der Waals surface area contributed by atoms with E-state index in [1.807, 2.05) is 12.4 Å². The van der Waals surface area contributed by atoms with E-state index in [0.29, 0.717) is 6.04 Å². The Balaban J connectivity index is 0.00000280. The first-order valence-corrected chi connectivity index (χ1v) is 10.4. The first-order chi connectivity index (χ1) is 13.3. The van der Waals surface area contributed by atoms with Gasteiger partial charge in [-0.05, 0) is 67.8 Å². The number of fused-ring (bicyclic) bond motifs is 1. The van der Waals surface area contributed by atoms with Crippen LogP contribution in [0, 0.1) is 0 Å². The van der Waals surface area contributed by atoms with Gasteiger partial charge in [-0.2, -0.15) is 0 Å². The average Bonchev–Trinajstić information content (AvgIpc) is 2.71. The summed E-state index contributed by atoms with van der Waals surface area (Å²) in [7, 11) is 0. The molecule has 0 spiro atoms. The first-order valence-electron chi connectivity index (χ1n) is 10.4. The molecule has 3 rings (SSSR count). The van der Waals surface area contributed by atoms with Gasteiger partial charge in [0.2, 0.25) is 0 Å². The van der Waals surface area contributed by atoms with Crippen molar-refractivity contribution < 1.29 is 0 Å². The summed E-state index contributed by atoms with van der Waals surface area (Å²) in [6.45, 7) is 6.87. The van der Waals surface area contributed by atoms with E-state index in [2.05, 4.69) is 78.3 Å². The highest BCUT2D eigenvalue weighted by Gasteiger charge is 2.13. The third-order valence-corrected chi connectivity index (χ3v) is 5.40. The average molecular weight is 377 g/mol. The third kappa shape index (κ3) is 6.45. The lowest BCUT2D eigenvalue weighted by Gasteiger charge is -2.29. The molecule has 0 radical (unpaired) electrons. The largest absolute Gasteiger partial charge is 0.296 e. The fourth-order valence-corrected chi connectivity index (χ4v) is 3.80. The lowest BCUT2D eigenvalue weighted by Crippen LogP contribution is -2.33. The van der Waals surface area contributed by atoms with E-state index in [1.165, 1.54) is 54.0 Å². The predicted molar refractivity (Wildman–Crippen MR) is 123 cm³/mol. The Morgan fingerprint density at radius 3 is 2.54 bits per heavy atom. The van der Waals surface area contributed by atoms with Gasteiger partial charge in [-0.15, -0.1) is 0 Å². The molecule has 0 fully saturated rings. The maximum absolute atomic E-state index is 4.21. The molecule has 0 saturated heterocycles. The molecule has 1 heterocycles. The van der Waals surface area contributed by atoms with Gasteiger partial charge in [-0.25, -0.2) is 0 Å². The Morgan fingerprint density at radius 1 is 0.929 bits per heavy atom. The van der Waals surface area contributed by atoms with Crippen molar-refractivity contribution in [2.45, 2.75) is 66.0 Å². The van der Waals surface area contributed by atoms with Gasteiger partial charge in [0.25, 0.3) is 0 Å². The van der Waals surface area contributed by atoms with Crippen LogP contribution in [0.1, 0.15) is 58.1 Å². The number of aromatic nitrogens is 1. The van der Waals surface area contributed by atoms with Crippen LogP contribution in [0.4, 0.5) is 0 Å². The van der Waals surface area contributed by atoms with Crippen LogP contribution in [0.5, 0.6) is 0 Å². The smallest absolute Gasteiger partial charge is 0.0346 e. The SMILES string of the molecule is C.CCCN(Cc1ccc2cnccc2c1)[C@H](C)CCCCc1ccccc1. The van der Waals surface area contributed by atoms with Crippen LogP contribution in [0.25, 0.3) is 10.8 Å². The highest BCUT2D eigenvalue weighted by molar-refractivity contribution is 5.81. The summed E-state index contributed by atoms with van der Waals surface area (Å²) in [6, 6.07) is 20.4. The zero-order valence-corrected chi connectivity index (χ0v) is 16.8. The number of pyridine rings is 1. The lowest BCUT2D eigenvalue weighted by atomic mass is 10.0. The van der Waals surface area contributed by atoms with Crippen LogP contribution in [0.3, 0.4) is 0 Å². The Morgan fingerprint density at radius 2 is 1.75 bits per heavy atom. The number of hydrogen-bond donors (Lipinski definition) is 0. The summed E-state index contributed by atoms with van der Waals surface area (Å²) in [5.41, 5.74) is 2.86. The minimum absolute atomic E-state index is 0. The van der Waals surface area contributed by atoms with Crippen molar-refractivity contribution in [3.63, 3.8) is 0 Å². The van der Waals surface area contributed by atoms with Crippen LogP contribution in [-0.2, 0) is 13.0 Å². The predicted octanol–water partition coefficient (Wildman–Crippen LogP) is 6.88. The van der Waals surface area contributed by atoms with E-state index in [0.717, 1.165) is 13.1 Å². The van der Waals surface area contributed by atoms with Crippen molar-refractivity contribution in [2.24, 2.45) is 0 Å². The lowest BCUT2D eigenvalue weighted by molar-refractivity contribution is 0.188. The molecule has 0 aliphatic rings. The van der Waals surface area contributed by atoms with Gasteiger partial charge in [0.05, 0.1) is 0 Å². The van der Waals surface area contributed by atoms with Crippen molar-refractivity contribution in [1.82, 2.24) is 9.88 Å². The molecule has 1 atom stereocenters. The highest BCUT2D eigenvalue weighted by atomic mass is 15.1. The molecule has 1 aromatic heterocycles. The van der Waals surface area contributed by atoms with E-state index >= 15 is 0 Å². The second-order valence-electron chi connectivity index (χ2n) is 7.61. The Kier molecular flexibility index (Phi) is 9.16. The summed E-state index contributed by atoms with van der Waals surface area (Å²) in [4.78, 5) is 6.86. The number of benzene rings is 2. The van der Waals surface area contributed by atoms with Crippen LogP contribution < -0.4 is 0 Å². The van der Waals surface area contributed by atoms with Crippen LogP contribution >= 0.6 is 0 Å². The van der Waals surface area contributed by atoms with Crippen LogP contribution in [-0.4, -0.2) is 22.5 Å². The van der Waals surface area contributed by atoms with E-state index in [4.69, 9.17) is 0 Å². The fourth-order valence-electron chi connectivity index (χ4n) is 3.80. The van der Waals surface area contributed by atoms with Gasteiger partial charge >= 0.3 is 0 Å². The Labute approximate surface area is 171 Å². The van der Waals surface area contributed by atoms with Crippen LogP contribution in [0.15, 0.2) is 67.0 Å². The van der Waals surface area contributed by atoms with Gasteiger partial charge in [0.15, 0.2) is 0 Å². The van der Waals surface area contributed by atoms with Crippen LogP contribution in [0.2, 0.25) is 0 Å². The molecule has 2 heteroatoms. The van der Waals surface area contributed by atoms with Crippen molar-refractivity contribution in [1.29, 1.82) is 0 Å². The van der Waals surface area contributed by atoms with Crippen molar-refractivity contribution in [3.05, 3.63) is 78.1 Å². The van der Waals surface area contributed by atoms with Gasteiger partial charge in [0.1, 0.15) is 0 Å². The van der Waals surface area contributed by atoms with Crippen molar-refractivity contribution in [3.8, 4) is 0 Å². The molecule has 0 saturated carbocycles. The zero-order valence-electron chi connectivity index (χ0n) is 16.8. The molecule has 28 heavy (non-hydrogen) atoms. The summed E-state index contributed by atoms with van der Waals surface area (Å²) in [5, 5.41) is 2.51. The van der Waals surface area contributed by atoms with E-state index in [9.17, 15) is 0 Å². The topological polar surface area (TPSA) is 16.1 Å². The molecular weight excluding hydrogens is 340 g/mol. The van der Waals surface area contributed by atoms with E-state index < -0.39 is 0 Å². The van der Waals surface area contributed by atoms with Gasteiger partial charge < -0.3 is 0 Å². The van der Waals surface area contributed by atoms with Gasteiger partial charge in [-0.1, -0.05) is 63.2 Å². The normalized spacial score (nSPS) is 12.1. The van der Waals surface area contributed by atoms with Gasteiger partial charge in [-0.3, -0.25) is 9.88 Å². The minimum atomic E-state index is 0. The zero-order chi connectivity index (χ0) is 18.9. The molecule has 0 unspecified atom stereocenters. The van der Waals surface area contributed by atoms with Crippen molar-refractivity contribution in [2.75, 3.05) is 6.54 Å². The summed E-state index contributed by atoms with van der Waals surface area (Å²) in [5.74, 6) is 0. The molecule has 0 aliphatic heterocycles. The van der Waals surface area contributed by atoms with E-state index in [-0.39, 0.29) is 7.43 Å². The monoisotopic (exact) mass is 376 g/mol. The molecule has 2 aromatic carbocycles. The highest BCUT2D eigenvalue weighted by Crippen LogP contribution is 2.19. The molecular formula is C26H36N2. The minimum Gasteiger partial charge on any atom is -0.296 e. The number of unbranched alkanes of at least 4 members (excludes halogenated alkanes) is 1. The van der Waals surface area contributed by atoms with E-state index in [1.54, 1.807) is 0 Å². The Bertz CT molecular complexity index is 813. The number of hydrogen-bond acceptors (Lipinski definition) is 2. The maximum Gasteiger partial charge on any atom is 0.0346 e. The number of aryl methyl sites for hydroxylation is 1. The molecule has 150 valence electrons. The number of rotatable bonds is 10. The number of nitrogens with zero attached hydrogens (tertiary/aromatic N) is 2. The molecule has 0 N–H and O–H groups in total.